The summed E-state index contributed by atoms with van der Waals surface area (Å²) in [7, 11) is 0.488. The van der Waals surface area contributed by atoms with Crippen molar-refractivity contribution < 1.29 is 24.2 Å². The average molecular weight is 642 g/mol. The molecule has 10 atom stereocenters. The smallest absolute Gasteiger partial charge is 0.248 e. The van der Waals surface area contributed by atoms with Crippen LogP contribution in [0.25, 0.3) is 0 Å². The lowest BCUT2D eigenvalue weighted by molar-refractivity contribution is -0.211. The summed E-state index contributed by atoms with van der Waals surface area (Å²) in [5.41, 5.74) is 4.41. The van der Waals surface area contributed by atoms with Crippen molar-refractivity contribution in [2.45, 2.75) is 76.1 Å². The second-order valence-corrected chi connectivity index (χ2v) is 15.8. The van der Waals surface area contributed by atoms with E-state index in [1.165, 1.54) is 0 Å². The van der Waals surface area contributed by atoms with Crippen molar-refractivity contribution in [1.29, 1.82) is 0 Å². The van der Waals surface area contributed by atoms with E-state index in [9.17, 15) is 9.90 Å². The maximum absolute atomic E-state index is 15.2. The second kappa shape index (κ2) is 12.5. The maximum Gasteiger partial charge on any atom is 0.248 e. The Labute approximate surface area is 273 Å². The average Bonchev–Trinajstić information content (AvgIpc) is 3.60. The number of hydrogen-bond donors (Lipinski definition) is 2. The van der Waals surface area contributed by atoms with Gasteiger partial charge in [0.2, 0.25) is 11.8 Å². The van der Waals surface area contributed by atoms with Gasteiger partial charge in [0.25, 0.3) is 0 Å². The topological polar surface area (TPSA) is 101 Å². The zero-order chi connectivity index (χ0) is 32.2. The van der Waals surface area contributed by atoms with Gasteiger partial charge in [-0.05, 0) is 64.2 Å². The van der Waals surface area contributed by atoms with E-state index in [4.69, 9.17) is 9.47 Å². The fourth-order valence-corrected chi connectivity index (χ4v) is 9.85. The van der Waals surface area contributed by atoms with Crippen LogP contribution in [0.5, 0.6) is 0 Å². The standard InChI is InChI=1S/C37H44N3O5P/c1-21-19-44-36-30-27(21)17-28(33(30)46-20-45-36)35(43)40(25-13-11-24(12-14-25)37(2,3)4)32(23-9-7-15-38-18-23)34(42)39-31-26-10-6-5-8-22(26)16-29(31)41/h5-15,18,21,27-33,36,41,46H,16-17,19-20H2,1-4H3,(H,39,42)/t21?,27?,28-,29-,30?,31+,32?,33-,36-/m0/s1. The summed E-state index contributed by atoms with van der Waals surface area (Å²) in [5, 5.41) is 14.2. The molecule has 4 aliphatic rings. The first-order valence-electron chi connectivity index (χ1n) is 16.5. The van der Waals surface area contributed by atoms with Gasteiger partial charge in [-0.25, -0.2) is 0 Å². The molecule has 2 saturated heterocycles. The Morgan fingerprint density at radius 1 is 1.07 bits per heavy atom. The van der Waals surface area contributed by atoms with Crippen LogP contribution in [0.2, 0.25) is 0 Å². The highest BCUT2D eigenvalue weighted by atomic mass is 31.1. The molecule has 3 aromatic rings. The number of hydrogen-bond acceptors (Lipinski definition) is 6. The lowest BCUT2D eigenvalue weighted by Crippen LogP contribution is -2.50. The molecule has 1 aromatic heterocycles. The summed E-state index contributed by atoms with van der Waals surface area (Å²) in [6.45, 7) is 9.32. The third-order valence-corrected chi connectivity index (χ3v) is 12.2. The zero-order valence-electron chi connectivity index (χ0n) is 26.9. The molecular weight excluding hydrogens is 597 g/mol. The molecule has 7 rings (SSSR count). The van der Waals surface area contributed by atoms with Gasteiger partial charge in [-0.1, -0.05) is 78.7 Å². The van der Waals surface area contributed by atoms with E-state index in [-0.39, 0.29) is 41.0 Å². The summed E-state index contributed by atoms with van der Waals surface area (Å²) in [5.74, 6) is 0.156. The Bertz CT molecular complexity index is 1580. The normalized spacial score (nSPS) is 31.2. The first-order valence-corrected chi connectivity index (χ1v) is 17.8. The molecule has 242 valence electrons. The minimum atomic E-state index is -0.989. The van der Waals surface area contributed by atoms with E-state index in [1.807, 2.05) is 42.5 Å². The highest BCUT2D eigenvalue weighted by molar-refractivity contribution is 7.38. The third kappa shape index (κ3) is 5.68. The van der Waals surface area contributed by atoms with E-state index in [1.54, 1.807) is 23.4 Å². The number of ether oxygens (including phenoxy) is 2. The molecule has 8 nitrogen and oxygen atoms in total. The van der Waals surface area contributed by atoms with Crippen LogP contribution in [-0.2, 0) is 30.9 Å². The first-order chi connectivity index (χ1) is 22.1. The lowest BCUT2D eigenvalue weighted by atomic mass is 9.83. The van der Waals surface area contributed by atoms with Gasteiger partial charge in [-0.3, -0.25) is 19.5 Å². The lowest BCUT2D eigenvalue weighted by Gasteiger charge is -2.43. The molecule has 2 aliphatic heterocycles. The van der Waals surface area contributed by atoms with Crippen LogP contribution in [0.1, 0.15) is 68.5 Å². The molecule has 9 heteroatoms. The Balaban J connectivity index is 1.30. The number of carbonyl (C=O) groups excluding carboxylic acids is 2. The number of pyridine rings is 1. The summed E-state index contributed by atoms with van der Waals surface area (Å²) >= 11 is 0. The quantitative estimate of drug-likeness (QED) is 0.345. The molecule has 0 radical (unpaired) electrons. The van der Waals surface area contributed by atoms with Crippen LogP contribution in [-0.4, -0.2) is 52.9 Å². The Morgan fingerprint density at radius 3 is 2.59 bits per heavy atom. The molecule has 0 spiro atoms. The number of aliphatic hydroxyl groups excluding tert-OH is 1. The van der Waals surface area contributed by atoms with Crippen molar-refractivity contribution in [3.05, 3.63) is 95.3 Å². The van der Waals surface area contributed by atoms with Crippen molar-refractivity contribution in [3.63, 3.8) is 0 Å². The van der Waals surface area contributed by atoms with Crippen LogP contribution < -0.4 is 10.2 Å². The Hall–Kier alpha value is -3.16. The monoisotopic (exact) mass is 641 g/mol. The third-order valence-electron chi connectivity index (χ3n) is 10.6. The minimum absolute atomic E-state index is 0.0559. The second-order valence-electron chi connectivity index (χ2n) is 14.5. The van der Waals surface area contributed by atoms with Crippen LogP contribution >= 0.6 is 8.58 Å². The Kier molecular flexibility index (Phi) is 8.52. The molecule has 2 aliphatic carbocycles. The number of anilines is 1. The molecule has 46 heavy (non-hydrogen) atoms. The number of nitrogens with one attached hydrogen (secondary N) is 1. The van der Waals surface area contributed by atoms with Gasteiger partial charge in [0.05, 0.1) is 25.1 Å². The SMILES string of the molecule is CC1CO[C@H]2OCP[C@@H]3C2C1C[C@@H]3C(=O)N(c1ccc(C(C)(C)C)cc1)C(C(=O)N[C@@H]1c2ccccc2C[C@@H]1O)c1cccnc1. The van der Waals surface area contributed by atoms with Crippen LogP contribution in [0.4, 0.5) is 5.69 Å². The van der Waals surface area contributed by atoms with Gasteiger partial charge in [0.15, 0.2) is 6.29 Å². The number of aliphatic hydroxyl groups is 1. The molecule has 2 amide bonds. The molecule has 3 heterocycles. The molecule has 2 N–H and O–H groups in total. The zero-order valence-corrected chi connectivity index (χ0v) is 27.9. The van der Waals surface area contributed by atoms with E-state index < -0.39 is 18.2 Å². The van der Waals surface area contributed by atoms with Gasteiger partial charge in [-0.2, -0.15) is 0 Å². The predicted octanol–water partition coefficient (Wildman–Crippen LogP) is 5.51. The van der Waals surface area contributed by atoms with Crippen molar-refractivity contribution in [2.75, 3.05) is 17.9 Å². The maximum atomic E-state index is 15.2. The van der Waals surface area contributed by atoms with Gasteiger partial charge < -0.3 is 19.9 Å². The fraction of sp³-hybridized carbons (Fsp3) is 0.486. The summed E-state index contributed by atoms with van der Waals surface area (Å²) in [6.07, 6.45) is 4.11. The minimum Gasteiger partial charge on any atom is -0.390 e. The number of aromatic nitrogens is 1. The summed E-state index contributed by atoms with van der Waals surface area (Å²) in [6, 6.07) is 18.0. The van der Waals surface area contributed by atoms with Crippen molar-refractivity contribution in [3.8, 4) is 0 Å². The molecule has 2 aromatic carbocycles. The number of amides is 2. The van der Waals surface area contributed by atoms with Crippen molar-refractivity contribution >= 4 is 26.1 Å². The fourth-order valence-electron chi connectivity index (χ4n) is 8.15. The van der Waals surface area contributed by atoms with Crippen molar-refractivity contribution in [1.82, 2.24) is 10.3 Å². The van der Waals surface area contributed by atoms with Crippen LogP contribution in [0.3, 0.4) is 0 Å². The number of rotatable bonds is 6. The number of fused-ring (bicyclic) bond motifs is 1. The van der Waals surface area contributed by atoms with Gasteiger partial charge in [0.1, 0.15) is 6.04 Å². The van der Waals surface area contributed by atoms with Gasteiger partial charge in [0, 0.05) is 41.9 Å². The highest BCUT2D eigenvalue weighted by Crippen LogP contribution is 2.56. The van der Waals surface area contributed by atoms with E-state index in [2.05, 4.69) is 50.1 Å². The molecule has 3 fully saturated rings. The van der Waals surface area contributed by atoms with Crippen LogP contribution in [0, 0.1) is 23.7 Å². The number of nitrogens with zero attached hydrogens (tertiary/aromatic N) is 2. The summed E-state index contributed by atoms with van der Waals surface area (Å²) < 4.78 is 12.2. The largest absolute Gasteiger partial charge is 0.390 e. The predicted molar refractivity (Wildman–Crippen MR) is 179 cm³/mol. The van der Waals surface area contributed by atoms with Crippen molar-refractivity contribution in [2.24, 2.45) is 23.7 Å². The van der Waals surface area contributed by atoms with E-state index in [0.29, 0.717) is 51.0 Å². The first kappa shape index (κ1) is 31.4. The van der Waals surface area contributed by atoms with E-state index in [0.717, 1.165) is 23.1 Å². The van der Waals surface area contributed by atoms with Crippen LogP contribution in [0.15, 0.2) is 73.1 Å². The molecule has 1 saturated carbocycles. The molecule has 5 unspecified atom stereocenters. The van der Waals surface area contributed by atoms with Gasteiger partial charge in [-0.15, -0.1) is 0 Å². The molecule has 0 bridgehead atoms. The Morgan fingerprint density at radius 2 is 1.85 bits per heavy atom. The highest BCUT2D eigenvalue weighted by Gasteiger charge is 2.57. The summed E-state index contributed by atoms with van der Waals surface area (Å²) in [4.78, 5) is 35.9. The van der Waals surface area contributed by atoms with E-state index >= 15 is 4.79 Å². The molecular formula is C37H44N3O5P. The number of benzene rings is 2. The van der Waals surface area contributed by atoms with Gasteiger partial charge >= 0.3 is 0 Å². The number of carbonyl (C=O) groups is 2.